The summed E-state index contributed by atoms with van der Waals surface area (Å²) in [4.78, 5) is 21.8. The standard InChI is InChI=1S/C23H29ClN6O2S/c1-22(2)9-17-18(33(22)32)20(29-23(12-31)4-3-5-23)28-21(27-17)30-15-6-13(7-16(30)8-15)19-25-10-14(24)11-26-19/h10-11,13,15-16,31H,3-9,12H2,1-2H3,(H,27,28,29)/t13?,15?,16?,33-/m1/s1. The van der Waals surface area contributed by atoms with Crippen molar-refractivity contribution in [2.75, 3.05) is 16.8 Å². The molecule has 2 N–H and O–H groups in total. The summed E-state index contributed by atoms with van der Waals surface area (Å²) < 4.78 is 12.9. The molecule has 2 aliphatic carbocycles. The minimum atomic E-state index is -1.19. The van der Waals surface area contributed by atoms with Gasteiger partial charge in [0.1, 0.15) is 16.5 Å². The molecule has 2 aromatic heterocycles. The summed E-state index contributed by atoms with van der Waals surface area (Å²) in [5, 5.41) is 14.1. The Balaban J connectivity index is 1.31. The maximum atomic E-state index is 13.3. The topological polar surface area (TPSA) is 104 Å². The Kier molecular flexibility index (Phi) is 4.98. The third kappa shape index (κ3) is 3.46. The number of hydrogen-bond donors (Lipinski definition) is 2. The Labute approximate surface area is 201 Å². The fourth-order valence-corrected chi connectivity index (χ4v) is 7.39. The van der Waals surface area contributed by atoms with Crippen LogP contribution in [0.4, 0.5) is 11.8 Å². The molecular weight excluding hydrogens is 460 g/mol. The molecule has 8 nitrogen and oxygen atoms in total. The Morgan fingerprint density at radius 1 is 1.18 bits per heavy atom. The van der Waals surface area contributed by atoms with Gasteiger partial charge in [0.15, 0.2) is 0 Å². The molecule has 0 spiro atoms. The molecule has 2 unspecified atom stereocenters. The molecule has 0 amide bonds. The minimum absolute atomic E-state index is 0.0505. The van der Waals surface area contributed by atoms with Gasteiger partial charge in [-0.15, -0.1) is 0 Å². The Hall–Kier alpha value is -1.84. The first-order valence-corrected chi connectivity index (χ1v) is 13.3. The number of anilines is 2. The number of nitrogens with zero attached hydrogens (tertiary/aromatic N) is 5. The van der Waals surface area contributed by atoms with Crippen LogP contribution in [-0.4, -0.2) is 58.2 Å². The number of piperidine rings is 1. The number of fused-ring (bicyclic) bond motifs is 3. The van der Waals surface area contributed by atoms with Gasteiger partial charge in [-0.25, -0.2) is 15.0 Å². The van der Waals surface area contributed by atoms with E-state index >= 15 is 0 Å². The van der Waals surface area contributed by atoms with E-state index in [2.05, 4.69) is 20.2 Å². The summed E-state index contributed by atoms with van der Waals surface area (Å²) >= 11 is 5.96. The Morgan fingerprint density at radius 3 is 2.48 bits per heavy atom. The zero-order valence-corrected chi connectivity index (χ0v) is 20.5. The molecule has 3 aliphatic heterocycles. The molecule has 2 saturated carbocycles. The highest BCUT2D eigenvalue weighted by molar-refractivity contribution is 7.87. The highest BCUT2D eigenvalue weighted by Crippen LogP contribution is 2.48. The van der Waals surface area contributed by atoms with Crippen LogP contribution in [0.15, 0.2) is 17.3 Å². The van der Waals surface area contributed by atoms with Gasteiger partial charge in [-0.2, -0.15) is 4.98 Å². The molecule has 5 heterocycles. The number of nitrogens with one attached hydrogen (secondary N) is 1. The zero-order chi connectivity index (χ0) is 23.0. The van der Waals surface area contributed by atoms with Crippen LogP contribution in [0.2, 0.25) is 5.02 Å². The molecule has 3 atom stereocenters. The van der Waals surface area contributed by atoms with Crippen LogP contribution in [0.1, 0.15) is 69.8 Å². The fraction of sp³-hybridized carbons (Fsp3) is 0.652. The lowest BCUT2D eigenvalue weighted by Gasteiger charge is -2.55. The van der Waals surface area contributed by atoms with Crippen molar-refractivity contribution in [2.24, 2.45) is 0 Å². The van der Waals surface area contributed by atoms with Crippen molar-refractivity contribution in [3.63, 3.8) is 0 Å². The molecule has 2 aromatic rings. The molecule has 0 aromatic carbocycles. The number of aliphatic hydroxyl groups is 1. The van der Waals surface area contributed by atoms with Gasteiger partial charge in [-0.05, 0) is 52.4 Å². The summed E-state index contributed by atoms with van der Waals surface area (Å²) in [6, 6.07) is 0.684. The van der Waals surface area contributed by atoms with Gasteiger partial charge in [0.25, 0.3) is 0 Å². The molecule has 4 fully saturated rings. The van der Waals surface area contributed by atoms with Crippen molar-refractivity contribution in [2.45, 2.75) is 92.0 Å². The number of aliphatic hydroxyl groups excluding tert-OH is 1. The Bertz CT molecular complexity index is 1110. The van der Waals surface area contributed by atoms with Crippen LogP contribution in [0.25, 0.3) is 0 Å². The molecule has 0 radical (unpaired) electrons. The van der Waals surface area contributed by atoms with E-state index in [0.29, 0.717) is 35.3 Å². The molecule has 176 valence electrons. The van der Waals surface area contributed by atoms with Crippen LogP contribution >= 0.6 is 11.6 Å². The highest BCUT2D eigenvalue weighted by atomic mass is 35.5. The summed E-state index contributed by atoms with van der Waals surface area (Å²) in [6.45, 7) is 4.10. The second kappa shape index (κ2) is 7.58. The maximum Gasteiger partial charge on any atom is 0.228 e. The van der Waals surface area contributed by atoms with E-state index in [-0.39, 0.29) is 16.9 Å². The van der Waals surface area contributed by atoms with Crippen LogP contribution in [0.5, 0.6) is 0 Å². The first-order chi connectivity index (χ1) is 15.8. The summed E-state index contributed by atoms with van der Waals surface area (Å²) in [6.07, 6.45) is 9.90. The normalized spacial score (nSPS) is 30.8. The predicted octanol–water partition coefficient (Wildman–Crippen LogP) is 3.21. The van der Waals surface area contributed by atoms with Crippen molar-refractivity contribution < 1.29 is 9.32 Å². The average Bonchev–Trinajstić information content (AvgIpc) is 2.99. The van der Waals surface area contributed by atoms with Crippen LogP contribution in [0, 0.1) is 0 Å². The van der Waals surface area contributed by atoms with E-state index in [1.165, 1.54) is 0 Å². The van der Waals surface area contributed by atoms with Crippen LogP contribution in [-0.2, 0) is 17.2 Å². The minimum Gasteiger partial charge on any atom is -0.394 e. The van der Waals surface area contributed by atoms with Gasteiger partial charge in [0.2, 0.25) is 5.95 Å². The van der Waals surface area contributed by atoms with Crippen molar-refractivity contribution >= 4 is 34.2 Å². The van der Waals surface area contributed by atoms with E-state index in [1.54, 1.807) is 12.4 Å². The number of rotatable bonds is 5. The molecular formula is C23H29ClN6O2S. The van der Waals surface area contributed by atoms with E-state index in [0.717, 1.165) is 60.9 Å². The lowest BCUT2D eigenvalue weighted by Crippen LogP contribution is -2.61. The van der Waals surface area contributed by atoms with Gasteiger partial charge in [0.05, 0.1) is 38.4 Å². The smallest absolute Gasteiger partial charge is 0.228 e. The number of aromatic nitrogens is 4. The zero-order valence-electron chi connectivity index (χ0n) is 18.9. The molecule has 2 saturated heterocycles. The Morgan fingerprint density at radius 2 is 1.88 bits per heavy atom. The largest absolute Gasteiger partial charge is 0.394 e. The monoisotopic (exact) mass is 488 g/mol. The predicted molar refractivity (Wildman–Crippen MR) is 127 cm³/mol. The van der Waals surface area contributed by atoms with Crippen molar-refractivity contribution in [1.82, 2.24) is 19.9 Å². The molecule has 2 bridgehead atoms. The second-order valence-corrected chi connectivity index (χ2v) is 13.1. The molecule has 5 aliphatic rings. The number of halogens is 1. The maximum absolute atomic E-state index is 13.3. The van der Waals surface area contributed by atoms with Crippen molar-refractivity contribution in [3.05, 3.63) is 28.9 Å². The quantitative estimate of drug-likeness (QED) is 0.661. The van der Waals surface area contributed by atoms with Gasteiger partial charge < -0.3 is 15.3 Å². The fourth-order valence-electron chi connectivity index (χ4n) is 5.87. The second-order valence-electron chi connectivity index (χ2n) is 10.6. The van der Waals surface area contributed by atoms with Crippen LogP contribution < -0.4 is 10.2 Å². The molecule has 33 heavy (non-hydrogen) atoms. The van der Waals surface area contributed by atoms with Crippen molar-refractivity contribution in [3.8, 4) is 0 Å². The summed E-state index contributed by atoms with van der Waals surface area (Å²) in [5.41, 5.74) is 0.513. The van der Waals surface area contributed by atoms with Gasteiger partial charge >= 0.3 is 0 Å². The van der Waals surface area contributed by atoms with Gasteiger partial charge in [-0.1, -0.05) is 11.6 Å². The van der Waals surface area contributed by atoms with Gasteiger partial charge in [0, 0.05) is 36.8 Å². The van der Waals surface area contributed by atoms with Crippen LogP contribution in [0.3, 0.4) is 0 Å². The van der Waals surface area contributed by atoms with E-state index in [1.807, 2.05) is 13.8 Å². The third-order valence-electron chi connectivity index (χ3n) is 7.88. The van der Waals surface area contributed by atoms with E-state index in [4.69, 9.17) is 21.6 Å². The van der Waals surface area contributed by atoms with Crippen molar-refractivity contribution in [1.29, 1.82) is 0 Å². The molecule has 7 rings (SSSR count). The highest BCUT2D eigenvalue weighted by Gasteiger charge is 2.49. The van der Waals surface area contributed by atoms with E-state index < -0.39 is 10.8 Å². The summed E-state index contributed by atoms with van der Waals surface area (Å²) in [5.74, 6) is 2.54. The SMILES string of the molecule is CC1(C)Cc2nc(N3C4CC(c5ncc(Cl)cn5)CC3C4)nc(NC3(CO)CCC3)c2[S@]1=O. The first kappa shape index (κ1) is 21.7. The summed E-state index contributed by atoms with van der Waals surface area (Å²) in [7, 11) is -1.19. The lowest BCUT2D eigenvalue weighted by molar-refractivity contribution is 0.143. The van der Waals surface area contributed by atoms with Gasteiger partial charge in [-0.3, -0.25) is 4.21 Å². The average molecular weight is 489 g/mol. The molecule has 10 heteroatoms. The first-order valence-electron chi connectivity index (χ1n) is 11.8. The van der Waals surface area contributed by atoms with E-state index in [9.17, 15) is 9.32 Å². The lowest BCUT2D eigenvalue weighted by atomic mass is 9.73. The third-order valence-corrected chi connectivity index (χ3v) is 10.0. The number of hydrogen-bond acceptors (Lipinski definition) is 8.